The second kappa shape index (κ2) is 10.3. The highest BCUT2D eigenvalue weighted by Crippen LogP contribution is 2.34. The van der Waals surface area contributed by atoms with Crippen LogP contribution in [0.3, 0.4) is 0 Å². The largest absolute Gasteiger partial charge is 0.380 e. The van der Waals surface area contributed by atoms with E-state index >= 15 is 0 Å². The second-order valence-electron chi connectivity index (χ2n) is 7.61. The minimum Gasteiger partial charge on any atom is -0.380 e. The lowest BCUT2D eigenvalue weighted by Gasteiger charge is -2.22. The molecule has 1 unspecified atom stereocenters. The van der Waals surface area contributed by atoms with Gasteiger partial charge in [0.1, 0.15) is 5.82 Å². The molecule has 3 aromatic rings. The van der Waals surface area contributed by atoms with Crippen molar-refractivity contribution in [3.63, 3.8) is 0 Å². The van der Waals surface area contributed by atoms with E-state index in [1.807, 2.05) is 30.3 Å². The summed E-state index contributed by atoms with van der Waals surface area (Å²) in [4.78, 5) is 13.5. The van der Waals surface area contributed by atoms with Gasteiger partial charge in [0.05, 0.1) is 30.8 Å². The maximum absolute atomic E-state index is 14.4. The summed E-state index contributed by atoms with van der Waals surface area (Å²) in [6.45, 7) is 2.00. The molecule has 1 fully saturated rings. The number of rotatable bonds is 8. The summed E-state index contributed by atoms with van der Waals surface area (Å²) in [5.74, 6) is -0.623. The first kappa shape index (κ1) is 21.9. The van der Waals surface area contributed by atoms with Crippen molar-refractivity contribution in [1.29, 1.82) is 0 Å². The number of hydrogen-bond donors (Lipinski definition) is 1. The van der Waals surface area contributed by atoms with Gasteiger partial charge in [0.15, 0.2) is 0 Å². The Hall–Kier alpha value is -2.32. The quantitative estimate of drug-likeness (QED) is 0.498. The molecule has 1 amide bonds. The summed E-state index contributed by atoms with van der Waals surface area (Å²) in [5.41, 5.74) is 2.21. The van der Waals surface area contributed by atoms with E-state index in [1.165, 1.54) is 30.9 Å². The molecule has 1 atom stereocenters. The molecule has 164 valence electrons. The van der Waals surface area contributed by atoms with Crippen LogP contribution in [-0.4, -0.2) is 32.3 Å². The number of nitrogens with one attached hydrogen (secondary N) is 1. The van der Waals surface area contributed by atoms with Gasteiger partial charge in [0.25, 0.3) is 5.91 Å². The smallest absolute Gasteiger partial charge is 0.266 e. The Bertz CT molecular complexity index is 1050. The summed E-state index contributed by atoms with van der Waals surface area (Å²) >= 11 is 1.27. The number of fused-ring (bicyclic) bond motifs is 1. The Labute approximate surface area is 185 Å². The zero-order chi connectivity index (χ0) is 21.6. The second-order valence-corrected chi connectivity index (χ2v) is 8.67. The van der Waals surface area contributed by atoms with Crippen LogP contribution < -0.4 is 5.32 Å². The van der Waals surface area contributed by atoms with E-state index in [9.17, 15) is 9.18 Å². The predicted molar refractivity (Wildman–Crippen MR) is 120 cm³/mol. The normalized spacial score (nSPS) is 16.5. The van der Waals surface area contributed by atoms with Crippen molar-refractivity contribution in [2.75, 3.05) is 25.6 Å². The van der Waals surface area contributed by atoms with Gasteiger partial charge in [-0.3, -0.25) is 4.79 Å². The molecule has 0 saturated carbocycles. The van der Waals surface area contributed by atoms with Gasteiger partial charge in [-0.2, -0.15) is 0 Å². The van der Waals surface area contributed by atoms with Gasteiger partial charge in [0, 0.05) is 35.1 Å². The van der Waals surface area contributed by atoms with Crippen LogP contribution in [0.25, 0.3) is 10.1 Å². The molecule has 7 heteroatoms. The van der Waals surface area contributed by atoms with Crippen LogP contribution >= 0.6 is 11.3 Å². The average Bonchev–Trinajstić information content (AvgIpc) is 3.15. The molecule has 31 heavy (non-hydrogen) atoms. The number of amides is 1. The van der Waals surface area contributed by atoms with E-state index in [0.717, 1.165) is 29.7 Å². The summed E-state index contributed by atoms with van der Waals surface area (Å²) in [6, 6.07) is 12.4. The summed E-state index contributed by atoms with van der Waals surface area (Å²) in [6.07, 6.45) is 3.51. The number of methoxy groups -OCH3 is 1. The number of ether oxygens (including phenoxy) is 3. The van der Waals surface area contributed by atoms with Gasteiger partial charge in [-0.25, -0.2) is 4.39 Å². The van der Waals surface area contributed by atoms with Crippen LogP contribution in [-0.2, 0) is 27.4 Å². The third-order valence-electron chi connectivity index (χ3n) is 5.29. The summed E-state index contributed by atoms with van der Waals surface area (Å²) < 4.78 is 31.8. The van der Waals surface area contributed by atoms with Crippen LogP contribution in [0.5, 0.6) is 0 Å². The van der Waals surface area contributed by atoms with Crippen LogP contribution in [0.1, 0.15) is 40.1 Å². The van der Waals surface area contributed by atoms with Crippen molar-refractivity contribution in [3.8, 4) is 0 Å². The minimum absolute atomic E-state index is 0.167. The summed E-state index contributed by atoms with van der Waals surface area (Å²) in [5, 5.41) is 3.38. The van der Waals surface area contributed by atoms with Crippen LogP contribution in [0.4, 0.5) is 10.1 Å². The molecule has 4 rings (SSSR count). The maximum atomic E-state index is 14.4. The molecule has 1 saturated heterocycles. The molecule has 1 N–H and O–H groups in total. The SMILES string of the molecule is COCc1c(C(=O)Nc2cccc(COCC3CCCCO3)c2)sc2cccc(F)c12. The lowest BCUT2D eigenvalue weighted by Crippen LogP contribution is -2.24. The number of carbonyl (C=O) groups is 1. The van der Waals surface area contributed by atoms with Crippen molar-refractivity contribution < 1.29 is 23.4 Å². The molecule has 0 bridgehead atoms. The molecular formula is C24H26FNO4S. The molecule has 5 nitrogen and oxygen atoms in total. The minimum atomic E-state index is -0.346. The van der Waals surface area contributed by atoms with Crippen molar-refractivity contribution in [1.82, 2.24) is 0 Å². The van der Waals surface area contributed by atoms with Crippen LogP contribution in [0.2, 0.25) is 0 Å². The molecule has 0 spiro atoms. The van der Waals surface area contributed by atoms with Crippen LogP contribution in [0.15, 0.2) is 42.5 Å². The highest BCUT2D eigenvalue weighted by atomic mass is 32.1. The zero-order valence-electron chi connectivity index (χ0n) is 17.5. The number of benzene rings is 2. The molecule has 0 aliphatic carbocycles. The Kier molecular flexibility index (Phi) is 7.29. The van der Waals surface area contributed by atoms with Gasteiger partial charge in [0.2, 0.25) is 0 Å². The van der Waals surface area contributed by atoms with E-state index in [4.69, 9.17) is 14.2 Å². The van der Waals surface area contributed by atoms with Gasteiger partial charge in [-0.05, 0) is 49.1 Å². The van der Waals surface area contributed by atoms with E-state index < -0.39 is 0 Å². The van der Waals surface area contributed by atoms with Crippen molar-refractivity contribution in [2.24, 2.45) is 0 Å². The number of halogens is 1. The lowest BCUT2D eigenvalue weighted by molar-refractivity contribution is -0.0447. The fourth-order valence-electron chi connectivity index (χ4n) is 3.81. The Balaban J connectivity index is 1.44. The van der Waals surface area contributed by atoms with E-state index in [1.54, 1.807) is 6.07 Å². The third kappa shape index (κ3) is 5.30. The molecular weight excluding hydrogens is 417 g/mol. The molecule has 2 aromatic carbocycles. The molecule has 0 radical (unpaired) electrons. The Morgan fingerprint density at radius 1 is 1.23 bits per heavy atom. The Morgan fingerprint density at radius 3 is 2.90 bits per heavy atom. The molecule has 1 aliphatic rings. The fraction of sp³-hybridized carbons (Fsp3) is 0.375. The van der Waals surface area contributed by atoms with Gasteiger partial charge < -0.3 is 19.5 Å². The predicted octanol–water partition coefficient (Wildman–Crippen LogP) is 5.52. The first-order valence-corrected chi connectivity index (χ1v) is 11.3. The summed E-state index contributed by atoms with van der Waals surface area (Å²) in [7, 11) is 1.54. The molecule has 1 aliphatic heterocycles. The van der Waals surface area contributed by atoms with E-state index in [2.05, 4.69) is 5.32 Å². The first-order chi connectivity index (χ1) is 15.2. The fourth-order valence-corrected chi connectivity index (χ4v) is 4.92. The highest BCUT2D eigenvalue weighted by molar-refractivity contribution is 7.21. The first-order valence-electron chi connectivity index (χ1n) is 10.4. The average molecular weight is 444 g/mol. The lowest BCUT2D eigenvalue weighted by atomic mass is 10.1. The van der Waals surface area contributed by atoms with Gasteiger partial charge >= 0.3 is 0 Å². The van der Waals surface area contributed by atoms with Crippen molar-refractivity contribution in [3.05, 3.63) is 64.3 Å². The van der Waals surface area contributed by atoms with Gasteiger partial charge in [-0.1, -0.05) is 18.2 Å². The monoisotopic (exact) mass is 443 g/mol. The topological polar surface area (TPSA) is 56.8 Å². The number of hydrogen-bond acceptors (Lipinski definition) is 5. The zero-order valence-corrected chi connectivity index (χ0v) is 18.3. The Morgan fingerprint density at radius 2 is 2.10 bits per heavy atom. The van der Waals surface area contributed by atoms with Crippen LogP contribution in [0, 0.1) is 5.82 Å². The third-order valence-corrected chi connectivity index (χ3v) is 6.49. The van der Waals surface area contributed by atoms with Gasteiger partial charge in [-0.15, -0.1) is 11.3 Å². The molecule has 2 heterocycles. The number of thiophene rings is 1. The maximum Gasteiger partial charge on any atom is 0.266 e. The highest BCUT2D eigenvalue weighted by Gasteiger charge is 2.21. The standard InChI is InChI=1S/C24H26FNO4S/c1-28-15-19-22-20(25)9-5-10-21(22)31-23(19)24(27)26-17-7-4-6-16(12-17)13-29-14-18-8-2-3-11-30-18/h4-7,9-10,12,18H,2-3,8,11,13-15H2,1H3,(H,26,27). The van der Waals surface area contributed by atoms with E-state index in [-0.39, 0.29) is 24.4 Å². The van der Waals surface area contributed by atoms with Crippen molar-refractivity contribution in [2.45, 2.75) is 38.6 Å². The number of carbonyl (C=O) groups excluding carboxylic acids is 1. The van der Waals surface area contributed by atoms with Crippen molar-refractivity contribution >= 4 is 33.0 Å². The molecule has 1 aromatic heterocycles. The number of anilines is 1. The van der Waals surface area contributed by atoms with E-state index in [0.29, 0.717) is 34.7 Å².